The van der Waals surface area contributed by atoms with E-state index in [0.717, 1.165) is 18.2 Å². The van der Waals surface area contributed by atoms with Crippen molar-refractivity contribution in [3.8, 4) is 11.5 Å². The molecule has 0 bridgehead atoms. The molecule has 0 aliphatic rings. The lowest BCUT2D eigenvalue weighted by atomic mass is 10.2. The number of aromatic hydroxyl groups is 1. The van der Waals surface area contributed by atoms with Crippen molar-refractivity contribution in [2.75, 3.05) is 19.0 Å². The fraction of sp³-hybridized carbons (Fsp3) is 0.417. The van der Waals surface area contributed by atoms with Crippen LogP contribution in [0.2, 0.25) is 0 Å². The van der Waals surface area contributed by atoms with Gasteiger partial charge in [-0.2, -0.15) is 0 Å². The molecule has 0 spiro atoms. The SMILES string of the molecule is COC(=O)c1ccc(OCCCCBr)cc1O. The van der Waals surface area contributed by atoms with E-state index < -0.39 is 5.97 Å². The van der Waals surface area contributed by atoms with Crippen LogP contribution in [0.5, 0.6) is 11.5 Å². The van der Waals surface area contributed by atoms with Gasteiger partial charge < -0.3 is 14.6 Å². The van der Waals surface area contributed by atoms with Gasteiger partial charge in [0, 0.05) is 11.4 Å². The van der Waals surface area contributed by atoms with E-state index in [4.69, 9.17) is 4.74 Å². The molecule has 0 aliphatic heterocycles. The van der Waals surface area contributed by atoms with Crippen molar-refractivity contribution >= 4 is 21.9 Å². The average molecular weight is 303 g/mol. The summed E-state index contributed by atoms with van der Waals surface area (Å²) >= 11 is 3.33. The maximum absolute atomic E-state index is 11.2. The van der Waals surface area contributed by atoms with Crippen molar-refractivity contribution in [3.63, 3.8) is 0 Å². The van der Waals surface area contributed by atoms with Gasteiger partial charge >= 0.3 is 5.97 Å². The van der Waals surface area contributed by atoms with Gasteiger partial charge in [0.1, 0.15) is 17.1 Å². The van der Waals surface area contributed by atoms with Crippen molar-refractivity contribution < 1.29 is 19.4 Å². The number of rotatable bonds is 6. The summed E-state index contributed by atoms with van der Waals surface area (Å²) in [6.07, 6.45) is 1.97. The monoisotopic (exact) mass is 302 g/mol. The van der Waals surface area contributed by atoms with Crippen molar-refractivity contribution in [2.45, 2.75) is 12.8 Å². The number of ether oxygens (including phenoxy) is 2. The highest BCUT2D eigenvalue weighted by molar-refractivity contribution is 9.09. The molecule has 0 radical (unpaired) electrons. The molecule has 94 valence electrons. The zero-order valence-corrected chi connectivity index (χ0v) is 11.2. The molecule has 0 saturated heterocycles. The topological polar surface area (TPSA) is 55.8 Å². The average Bonchev–Trinajstić information content (AvgIpc) is 2.34. The van der Waals surface area contributed by atoms with E-state index in [2.05, 4.69) is 20.7 Å². The molecule has 1 aromatic carbocycles. The molecule has 0 aliphatic carbocycles. The number of benzene rings is 1. The van der Waals surface area contributed by atoms with Crippen LogP contribution in [0.25, 0.3) is 0 Å². The number of phenolic OH excluding ortho intramolecular Hbond substituents is 1. The van der Waals surface area contributed by atoms with Gasteiger partial charge in [-0.05, 0) is 25.0 Å². The fourth-order valence-corrected chi connectivity index (χ4v) is 1.67. The van der Waals surface area contributed by atoms with Crippen molar-refractivity contribution in [3.05, 3.63) is 23.8 Å². The fourth-order valence-electron chi connectivity index (χ4n) is 1.27. The van der Waals surface area contributed by atoms with Gasteiger partial charge in [-0.3, -0.25) is 0 Å². The van der Waals surface area contributed by atoms with Gasteiger partial charge in [-0.1, -0.05) is 15.9 Å². The number of alkyl halides is 1. The molecule has 0 saturated carbocycles. The predicted octanol–water partition coefficient (Wildman–Crippen LogP) is 2.73. The van der Waals surface area contributed by atoms with Crippen LogP contribution >= 0.6 is 15.9 Å². The first-order chi connectivity index (χ1) is 8.19. The number of phenols is 1. The molecule has 0 aromatic heterocycles. The number of halogens is 1. The van der Waals surface area contributed by atoms with E-state index in [0.29, 0.717) is 12.4 Å². The summed E-state index contributed by atoms with van der Waals surface area (Å²) < 4.78 is 9.95. The Bertz CT molecular complexity index is 379. The molecule has 5 heteroatoms. The van der Waals surface area contributed by atoms with Crippen LogP contribution in [0.15, 0.2) is 18.2 Å². The zero-order valence-electron chi connectivity index (χ0n) is 9.61. The van der Waals surface area contributed by atoms with E-state index in [1.165, 1.54) is 19.2 Å². The third-order valence-electron chi connectivity index (χ3n) is 2.17. The smallest absolute Gasteiger partial charge is 0.341 e. The van der Waals surface area contributed by atoms with Crippen LogP contribution in [0.1, 0.15) is 23.2 Å². The minimum absolute atomic E-state index is 0.130. The number of hydrogen-bond acceptors (Lipinski definition) is 4. The summed E-state index contributed by atoms with van der Waals surface area (Å²) in [6.45, 7) is 0.586. The lowest BCUT2D eigenvalue weighted by Gasteiger charge is -2.07. The lowest BCUT2D eigenvalue weighted by Crippen LogP contribution is -2.02. The first-order valence-corrected chi connectivity index (χ1v) is 6.41. The third kappa shape index (κ3) is 4.26. The van der Waals surface area contributed by atoms with Crippen LogP contribution < -0.4 is 4.74 Å². The molecule has 0 atom stereocenters. The van der Waals surface area contributed by atoms with E-state index in [9.17, 15) is 9.90 Å². The Morgan fingerprint density at radius 1 is 1.41 bits per heavy atom. The summed E-state index contributed by atoms with van der Waals surface area (Å²) in [6, 6.07) is 4.54. The normalized spacial score (nSPS) is 10.0. The number of esters is 1. The van der Waals surface area contributed by atoms with Crippen LogP contribution in [0, 0.1) is 0 Å². The molecule has 0 fully saturated rings. The summed E-state index contributed by atoms with van der Waals surface area (Å²) in [5, 5.41) is 10.6. The zero-order chi connectivity index (χ0) is 12.7. The molecular weight excluding hydrogens is 288 g/mol. The molecule has 0 heterocycles. The Balaban J connectivity index is 2.59. The minimum Gasteiger partial charge on any atom is -0.507 e. The Morgan fingerprint density at radius 2 is 2.18 bits per heavy atom. The second-order valence-corrected chi connectivity index (χ2v) is 4.21. The van der Waals surface area contributed by atoms with Crippen LogP contribution in [0.4, 0.5) is 0 Å². The van der Waals surface area contributed by atoms with Crippen LogP contribution in [0.3, 0.4) is 0 Å². The number of methoxy groups -OCH3 is 1. The molecule has 0 amide bonds. The molecular formula is C12H15BrO4. The molecule has 1 rings (SSSR count). The maximum atomic E-state index is 11.2. The van der Waals surface area contributed by atoms with Gasteiger partial charge in [0.2, 0.25) is 0 Å². The van der Waals surface area contributed by atoms with Gasteiger partial charge in [0.25, 0.3) is 0 Å². The van der Waals surface area contributed by atoms with E-state index >= 15 is 0 Å². The molecule has 17 heavy (non-hydrogen) atoms. The second-order valence-electron chi connectivity index (χ2n) is 3.42. The second kappa shape index (κ2) is 7.17. The van der Waals surface area contributed by atoms with Gasteiger partial charge in [-0.25, -0.2) is 4.79 Å². The highest BCUT2D eigenvalue weighted by atomic mass is 79.9. The van der Waals surface area contributed by atoms with Crippen molar-refractivity contribution in [2.24, 2.45) is 0 Å². The van der Waals surface area contributed by atoms with Gasteiger partial charge in [-0.15, -0.1) is 0 Å². The summed E-state index contributed by atoms with van der Waals surface area (Å²) in [4.78, 5) is 11.2. The Morgan fingerprint density at radius 3 is 2.76 bits per heavy atom. The lowest BCUT2D eigenvalue weighted by molar-refractivity contribution is 0.0597. The van der Waals surface area contributed by atoms with Gasteiger partial charge in [0.15, 0.2) is 0 Å². The number of carbonyl (C=O) groups is 1. The first-order valence-electron chi connectivity index (χ1n) is 5.29. The summed E-state index contributed by atoms with van der Waals surface area (Å²) in [5.41, 5.74) is 0.139. The van der Waals surface area contributed by atoms with E-state index in [1.807, 2.05) is 0 Å². The number of unbranched alkanes of at least 4 members (excludes halogenated alkanes) is 1. The summed E-state index contributed by atoms with van der Waals surface area (Å²) in [5.74, 6) is -0.145. The Kier molecular flexibility index (Phi) is 5.83. The number of carbonyl (C=O) groups excluding carboxylic acids is 1. The Labute approximate surface area is 109 Å². The Hall–Kier alpha value is -1.23. The highest BCUT2D eigenvalue weighted by Crippen LogP contribution is 2.24. The standard InChI is InChI=1S/C12H15BrO4/c1-16-12(15)10-5-4-9(8-11(10)14)17-7-3-2-6-13/h4-5,8,14H,2-3,6-7H2,1H3. The third-order valence-corrected chi connectivity index (χ3v) is 2.73. The summed E-state index contributed by atoms with van der Waals surface area (Å²) in [7, 11) is 1.27. The van der Waals surface area contributed by atoms with Crippen molar-refractivity contribution in [1.82, 2.24) is 0 Å². The molecule has 1 aromatic rings. The molecule has 0 unspecified atom stereocenters. The van der Waals surface area contributed by atoms with Crippen LogP contribution in [-0.4, -0.2) is 30.1 Å². The number of hydrogen-bond donors (Lipinski definition) is 1. The first kappa shape index (κ1) is 13.8. The van der Waals surface area contributed by atoms with Crippen LogP contribution in [-0.2, 0) is 4.74 Å². The predicted molar refractivity (Wildman–Crippen MR) is 68.0 cm³/mol. The van der Waals surface area contributed by atoms with Gasteiger partial charge in [0.05, 0.1) is 13.7 Å². The van der Waals surface area contributed by atoms with E-state index in [-0.39, 0.29) is 11.3 Å². The van der Waals surface area contributed by atoms with E-state index in [1.54, 1.807) is 6.07 Å². The molecule has 1 N–H and O–H groups in total. The maximum Gasteiger partial charge on any atom is 0.341 e. The molecule has 4 nitrogen and oxygen atoms in total. The quantitative estimate of drug-likeness (QED) is 0.499. The minimum atomic E-state index is -0.562. The highest BCUT2D eigenvalue weighted by Gasteiger charge is 2.11. The largest absolute Gasteiger partial charge is 0.507 e. The van der Waals surface area contributed by atoms with Crippen molar-refractivity contribution in [1.29, 1.82) is 0 Å².